The largest absolute Gasteiger partial charge is 0.406 e. The van der Waals surface area contributed by atoms with Gasteiger partial charge in [0, 0.05) is 17.8 Å². The number of aromatic nitrogens is 1. The predicted molar refractivity (Wildman–Crippen MR) is 75.5 cm³/mol. The Hall–Kier alpha value is -1.30. The van der Waals surface area contributed by atoms with Crippen molar-refractivity contribution in [3.63, 3.8) is 0 Å². The van der Waals surface area contributed by atoms with Crippen LogP contribution in [-0.4, -0.2) is 35.1 Å². The van der Waals surface area contributed by atoms with Crippen LogP contribution >= 0.6 is 11.6 Å². The predicted octanol–water partition coefficient (Wildman–Crippen LogP) is 4.10. The number of rotatable bonds is 6. The van der Waals surface area contributed by atoms with Crippen LogP contribution in [0.1, 0.15) is 42.7 Å². The average Bonchev–Trinajstić information content (AvgIpc) is 2.40. The van der Waals surface area contributed by atoms with Crippen LogP contribution < -0.4 is 0 Å². The first-order valence-corrected chi connectivity index (χ1v) is 7.17. The highest BCUT2D eigenvalue weighted by atomic mass is 35.5. The number of nitrogens with zero attached hydrogens (tertiary/aromatic N) is 2. The Balaban J connectivity index is 3.00. The molecule has 0 spiro atoms. The zero-order valence-corrected chi connectivity index (χ0v) is 12.8. The number of hydrogen-bond donors (Lipinski definition) is 0. The molecule has 0 saturated carbocycles. The molecular formula is C14H18ClF3N2O. The number of carbonyl (C=O) groups is 1. The molecule has 0 bridgehead atoms. The maximum atomic E-state index is 12.6. The summed E-state index contributed by atoms with van der Waals surface area (Å²) in [6, 6.07) is 2.79. The van der Waals surface area contributed by atoms with E-state index in [0.29, 0.717) is 25.0 Å². The van der Waals surface area contributed by atoms with Gasteiger partial charge in [0.2, 0.25) is 0 Å². The van der Waals surface area contributed by atoms with Crippen LogP contribution in [0.2, 0.25) is 5.15 Å². The van der Waals surface area contributed by atoms with Crippen LogP contribution in [0.3, 0.4) is 0 Å². The molecule has 1 amide bonds. The minimum Gasteiger partial charge on any atom is -0.330 e. The van der Waals surface area contributed by atoms with Gasteiger partial charge in [0.15, 0.2) is 0 Å². The molecule has 1 aromatic rings. The number of hydrogen-bond acceptors (Lipinski definition) is 2. The van der Waals surface area contributed by atoms with Gasteiger partial charge in [-0.15, -0.1) is 0 Å². The van der Waals surface area contributed by atoms with Gasteiger partial charge in [-0.2, -0.15) is 13.2 Å². The molecule has 0 atom stereocenters. The van der Waals surface area contributed by atoms with Crippen molar-refractivity contribution in [2.75, 3.05) is 13.1 Å². The molecule has 0 aliphatic rings. The van der Waals surface area contributed by atoms with Crippen LogP contribution in [-0.2, 0) is 6.42 Å². The molecular weight excluding hydrogens is 305 g/mol. The quantitative estimate of drug-likeness (QED) is 0.739. The Labute approximate surface area is 127 Å². The van der Waals surface area contributed by atoms with Gasteiger partial charge in [0.05, 0.1) is 0 Å². The van der Waals surface area contributed by atoms with Crippen LogP contribution in [0.15, 0.2) is 12.1 Å². The number of unbranched alkanes of at least 4 members (excludes halogenated alkanes) is 1. The highest BCUT2D eigenvalue weighted by Crippen LogP contribution is 2.20. The van der Waals surface area contributed by atoms with Crippen molar-refractivity contribution in [1.29, 1.82) is 0 Å². The second-order valence-corrected chi connectivity index (χ2v) is 5.11. The third kappa shape index (κ3) is 5.91. The third-order valence-electron chi connectivity index (χ3n) is 2.90. The molecule has 0 unspecified atom stereocenters. The summed E-state index contributed by atoms with van der Waals surface area (Å²) in [4.78, 5) is 17.1. The van der Waals surface area contributed by atoms with Crippen molar-refractivity contribution < 1.29 is 18.0 Å². The lowest BCUT2D eigenvalue weighted by molar-refractivity contribution is -0.140. The first kappa shape index (κ1) is 17.8. The monoisotopic (exact) mass is 322 g/mol. The molecule has 1 aromatic heterocycles. The summed E-state index contributed by atoms with van der Waals surface area (Å²) in [6.07, 6.45) is -2.65. The number of halogens is 4. The molecule has 1 heterocycles. The van der Waals surface area contributed by atoms with Gasteiger partial charge in [0.25, 0.3) is 5.91 Å². The van der Waals surface area contributed by atoms with E-state index in [2.05, 4.69) is 4.98 Å². The van der Waals surface area contributed by atoms with Crippen LogP contribution in [0.25, 0.3) is 0 Å². The number of aryl methyl sites for hydroxylation is 1. The average molecular weight is 323 g/mol. The van der Waals surface area contributed by atoms with Gasteiger partial charge in [-0.3, -0.25) is 4.79 Å². The summed E-state index contributed by atoms with van der Waals surface area (Å²) >= 11 is 5.81. The number of carbonyl (C=O) groups excluding carboxylic acids is 1. The van der Waals surface area contributed by atoms with Gasteiger partial charge in [-0.1, -0.05) is 31.9 Å². The number of amides is 1. The van der Waals surface area contributed by atoms with E-state index >= 15 is 0 Å². The molecule has 21 heavy (non-hydrogen) atoms. The second kappa shape index (κ2) is 7.64. The molecule has 0 fully saturated rings. The zero-order chi connectivity index (χ0) is 16.0. The molecule has 0 radical (unpaired) electrons. The van der Waals surface area contributed by atoms with Crippen molar-refractivity contribution in [2.24, 2.45) is 0 Å². The fourth-order valence-corrected chi connectivity index (χ4v) is 2.08. The number of pyridine rings is 1. The standard InChI is InChI=1S/C14H18ClF3N2O/c1-3-5-6-20(9-14(16,17)18)13(21)10-7-11(4-2)19-12(15)8-10/h7-8H,3-6,9H2,1-2H3. The molecule has 0 aliphatic heterocycles. The molecule has 0 N–H and O–H groups in total. The van der Waals surface area contributed by atoms with E-state index in [0.717, 1.165) is 4.90 Å². The highest BCUT2D eigenvalue weighted by Gasteiger charge is 2.33. The van der Waals surface area contributed by atoms with Crippen molar-refractivity contribution in [1.82, 2.24) is 9.88 Å². The molecule has 0 aliphatic carbocycles. The van der Waals surface area contributed by atoms with Crippen LogP contribution in [0, 0.1) is 0 Å². The fourth-order valence-electron chi connectivity index (χ4n) is 1.86. The molecule has 0 aromatic carbocycles. The van der Waals surface area contributed by atoms with E-state index in [1.807, 2.05) is 13.8 Å². The maximum Gasteiger partial charge on any atom is 0.406 e. The van der Waals surface area contributed by atoms with Gasteiger partial charge < -0.3 is 4.90 Å². The van der Waals surface area contributed by atoms with E-state index in [-0.39, 0.29) is 17.3 Å². The van der Waals surface area contributed by atoms with Gasteiger partial charge in [-0.25, -0.2) is 4.98 Å². The normalized spacial score (nSPS) is 11.5. The molecule has 0 saturated heterocycles. The summed E-state index contributed by atoms with van der Waals surface area (Å²) < 4.78 is 37.8. The van der Waals surface area contributed by atoms with E-state index in [4.69, 9.17) is 11.6 Å². The third-order valence-corrected chi connectivity index (χ3v) is 3.09. The minimum absolute atomic E-state index is 0.0657. The molecule has 3 nitrogen and oxygen atoms in total. The zero-order valence-electron chi connectivity index (χ0n) is 12.0. The Bertz CT molecular complexity index is 492. The second-order valence-electron chi connectivity index (χ2n) is 4.72. The van der Waals surface area contributed by atoms with Gasteiger partial charge in [-0.05, 0) is 25.0 Å². The van der Waals surface area contributed by atoms with E-state index in [1.165, 1.54) is 12.1 Å². The first-order chi connectivity index (χ1) is 9.76. The smallest absolute Gasteiger partial charge is 0.330 e. The van der Waals surface area contributed by atoms with E-state index < -0.39 is 18.6 Å². The summed E-state index contributed by atoms with van der Waals surface area (Å²) in [5.41, 5.74) is 0.723. The Morgan fingerprint density at radius 2 is 2.00 bits per heavy atom. The lowest BCUT2D eigenvalue weighted by Crippen LogP contribution is -2.39. The van der Waals surface area contributed by atoms with Crippen molar-refractivity contribution >= 4 is 17.5 Å². The Morgan fingerprint density at radius 3 is 2.52 bits per heavy atom. The molecule has 1 rings (SSSR count). The van der Waals surface area contributed by atoms with Crippen molar-refractivity contribution in [3.8, 4) is 0 Å². The summed E-state index contributed by atoms with van der Waals surface area (Å²) in [7, 11) is 0. The van der Waals surface area contributed by atoms with E-state index in [1.54, 1.807) is 0 Å². The first-order valence-electron chi connectivity index (χ1n) is 6.79. The van der Waals surface area contributed by atoms with Crippen LogP contribution in [0.5, 0.6) is 0 Å². The van der Waals surface area contributed by atoms with E-state index in [9.17, 15) is 18.0 Å². The van der Waals surface area contributed by atoms with Gasteiger partial charge in [0.1, 0.15) is 11.7 Å². The summed E-state index contributed by atoms with van der Waals surface area (Å²) in [6.45, 7) is 2.50. The maximum absolute atomic E-state index is 12.6. The lowest BCUT2D eigenvalue weighted by Gasteiger charge is -2.24. The van der Waals surface area contributed by atoms with Crippen molar-refractivity contribution in [2.45, 2.75) is 39.3 Å². The Morgan fingerprint density at radius 1 is 1.33 bits per heavy atom. The minimum atomic E-state index is -4.42. The topological polar surface area (TPSA) is 33.2 Å². The lowest BCUT2D eigenvalue weighted by atomic mass is 10.1. The highest BCUT2D eigenvalue weighted by molar-refractivity contribution is 6.29. The molecule has 7 heteroatoms. The number of alkyl halides is 3. The van der Waals surface area contributed by atoms with Crippen LogP contribution in [0.4, 0.5) is 13.2 Å². The summed E-state index contributed by atoms with van der Waals surface area (Å²) in [5, 5.41) is 0.111. The fraction of sp³-hybridized carbons (Fsp3) is 0.571. The summed E-state index contributed by atoms with van der Waals surface area (Å²) in [5.74, 6) is -0.667. The molecule has 118 valence electrons. The van der Waals surface area contributed by atoms with Gasteiger partial charge >= 0.3 is 6.18 Å². The SMILES string of the molecule is CCCCN(CC(F)(F)F)C(=O)c1cc(Cl)nc(CC)c1. The van der Waals surface area contributed by atoms with Crippen molar-refractivity contribution in [3.05, 3.63) is 28.5 Å². The Kier molecular flexibility index (Phi) is 6.45.